The molecule has 118 valence electrons. The van der Waals surface area contributed by atoms with Crippen LogP contribution in [0.25, 0.3) is 0 Å². The first-order chi connectivity index (χ1) is 9.79. The van der Waals surface area contributed by atoms with Crippen LogP contribution in [0.3, 0.4) is 0 Å². The molecule has 1 fully saturated rings. The van der Waals surface area contributed by atoms with Gasteiger partial charge >= 0.3 is 12.1 Å². The summed E-state index contributed by atoms with van der Waals surface area (Å²) in [7, 11) is 0. The van der Waals surface area contributed by atoms with Gasteiger partial charge in [0.15, 0.2) is 5.82 Å². The van der Waals surface area contributed by atoms with E-state index in [2.05, 4.69) is 15.5 Å². The molecule has 1 aliphatic carbocycles. The standard InChI is InChI=1S/C12H17F3N4O2/c1-7(6-10(20)21)19-11(16-17-18-19)8-2-4-9(5-3-8)12(13,14)15/h7-9H,2-6H2,1H3,(H,20,21). The van der Waals surface area contributed by atoms with Crippen molar-refractivity contribution in [3.05, 3.63) is 5.82 Å². The summed E-state index contributed by atoms with van der Waals surface area (Å²) in [5.74, 6) is -1.88. The van der Waals surface area contributed by atoms with E-state index < -0.39 is 24.1 Å². The first-order valence-corrected chi connectivity index (χ1v) is 6.85. The first-order valence-electron chi connectivity index (χ1n) is 6.85. The van der Waals surface area contributed by atoms with Crippen LogP contribution in [0.15, 0.2) is 0 Å². The van der Waals surface area contributed by atoms with Crippen LogP contribution in [0.4, 0.5) is 13.2 Å². The molecule has 0 amide bonds. The lowest BCUT2D eigenvalue weighted by molar-refractivity contribution is -0.182. The Balaban J connectivity index is 2.04. The Bertz CT molecular complexity index is 495. The summed E-state index contributed by atoms with van der Waals surface area (Å²) >= 11 is 0. The van der Waals surface area contributed by atoms with Crippen LogP contribution in [-0.2, 0) is 4.79 Å². The molecule has 1 heterocycles. The number of hydrogen-bond donors (Lipinski definition) is 1. The minimum absolute atomic E-state index is 0.0638. The average molecular weight is 306 g/mol. The Morgan fingerprint density at radius 3 is 2.52 bits per heavy atom. The summed E-state index contributed by atoms with van der Waals surface area (Å²) in [6, 6.07) is -0.423. The van der Waals surface area contributed by atoms with Gasteiger partial charge in [0.25, 0.3) is 0 Å². The molecule has 0 aliphatic heterocycles. The third-order valence-corrected chi connectivity index (χ3v) is 3.96. The van der Waals surface area contributed by atoms with Crippen LogP contribution in [0.2, 0.25) is 0 Å². The number of hydrogen-bond acceptors (Lipinski definition) is 4. The van der Waals surface area contributed by atoms with E-state index in [1.165, 1.54) is 4.68 Å². The van der Waals surface area contributed by atoms with E-state index in [4.69, 9.17) is 5.11 Å². The van der Waals surface area contributed by atoms with Crippen molar-refractivity contribution in [3.8, 4) is 0 Å². The molecule has 0 radical (unpaired) electrons. The number of aliphatic carboxylic acids is 1. The highest BCUT2D eigenvalue weighted by molar-refractivity contribution is 5.67. The number of nitrogens with zero attached hydrogens (tertiary/aromatic N) is 4. The van der Waals surface area contributed by atoms with E-state index in [0.29, 0.717) is 18.7 Å². The van der Waals surface area contributed by atoms with Crippen LogP contribution in [0, 0.1) is 5.92 Å². The molecule has 21 heavy (non-hydrogen) atoms. The van der Waals surface area contributed by atoms with Crippen molar-refractivity contribution in [3.63, 3.8) is 0 Å². The molecule has 6 nitrogen and oxygen atoms in total. The van der Waals surface area contributed by atoms with Crippen molar-refractivity contribution >= 4 is 5.97 Å². The number of rotatable bonds is 4. The van der Waals surface area contributed by atoms with Crippen molar-refractivity contribution in [2.75, 3.05) is 0 Å². The molecule has 0 spiro atoms. The number of alkyl halides is 3. The lowest BCUT2D eigenvalue weighted by atomic mass is 9.81. The van der Waals surface area contributed by atoms with Crippen molar-refractivity contribution in [2.24, 2.45) is 5.92 Å². The summed E-state index contributed by atoms with van der Waals surface area (Å²) in [4.78, 5) is 10.7. The molecule has 0 aromatic carbocycles. The third kappa shape index (κ3) is 3.70. The first kappa shape index (κ1) is 15.7. The monoisotopic (exact) mass is 306 g/mol. The predicted octanol–water partition coefficient (Wildman–Crippen LogP) is 2.54. The van der Waals surface area contributed by atoms with Crippen molar-refractivity contribution < 1.29 is 23.1 Å². The van der Waals surface area contributed by atoms with E-state index in [9.17, 15) is 18.0 Å². The lowest BCUT2D eigenvalue weighted by Crippen LogP contribution is -2.28. The van der Waals surface area contributed by atoms with E-state index in [1.807, 2.05) is 0 Å². The second-order valence-corrected chi connectivity index (χ2v) is 5.52. The van der Waals surface area contributed by atoms with Gasteiger partial charge in [0.2, 0.25) is 0 Å². The van der Waals surface area contributed by atoms with Crippen LogP contribution >= 0.6 is 0 Å². The summed E-state index contributed by atoms with van der Waals surface area (Å²) < 4.78 is 39.4. The zero-order valence-corrected chi connectivity index (χ0v) is 11.5. The molecule has 1 aliphatic rings. The molecule has 1 unspecified atom stereocenters. The Morgan fingerprint density at radius 2 is 2.00 bits per heavy atom. The molecule has 2 rings (SSSR count). The fraction of sp³-hybridized carbons (Fsp3) is 0.833. The van der Waals surface area contributed by atoms with Gasteiger partial charge in [-0.15, -0.1) is 5.10 Å². The summed E-state index contributed by atoms with van der Waals surface area (Å²) in [5, 5.41) is 20.0. The third-order valence-electron chi connectivity index (χ3n) is 3.96. The highest BCUT2D eigenvalue weighted by Gasteiger charge is 2.42. The lowest BCUT2D eigenvalue weighted by Gasteiger charge is -2.29. The fourth-order valence-electron chi connectivity index (χ4n) is 2.80. The molecular weight excluding hydrogens is 289 g/mol. The van der Waals surface area contributed by atoms with E-state index >= 15 is 0 Å². The minimum Gasteiger partial charge on any atom is -0.481 e. The van der Waals surface area contributed by atoms with Crippen LogP contribution in [0.5, 0.6) is 0 Å². The van der Waals surface area contributed by atoms with Gasteiger partial charge in [-0.1, -0.05) is 0 Å². The molecule has 0 saturated heterocycles. The van der Waals surface area contributed by atoms with Gasteiger partial charge < -0.3 is 5.11 Å². The molecule has 1 aromatic rings. The van der Waals surface area contributed by atoms with Gasteiger partial charge in [-0.05, 0) is 43.0 Å². The summed E-state index contributed by atoms with van der Waals surface area (Å²) in [6.45, 7) is 1.68. The van der Waals surface area contributed by atoms with E-state index in [-0.39, 0.29) is 25.2 Å². The molecule has 9 heteroatoms. The number of halogens is 3. The van der Waals surface area contributed by atoms with Gasteiger partial charge in [-0.25, -0.2) is 4.68 Å². The van der Waals surface area contributed by atoms with Crippen LogP contribution in [-0.4, -0.2) is 37.5 Å². The van der Waals surface area contributed by atoms with Crippen LogP contribution < -0.4 is 0 Å². The SMILES string of the molecule is CC(CC(=O)O)n1nnnc1C1CCC(C(F)(F)F)CC1. The van der Waals surface area contributed by atoms with E-state index in [0.717, 1.165) is 0 Å². The van der Waals surface area contributed by atoms with Gasteiger partial charge in [-0.2, -0.15) is 13.2 Å². The van der Waals surface area contributed by atoms with Gasteiger partial charge in [0.05, 0.1) is 18.4 Å². The van der Waals surface area contributed by atoms with Crippen molar-refractivity contribution in [1.29, 1.82) is 0 Å². The Labute approximate surface area is 119 Å². The second-order valence-electron chi connectivity index (χ2n) is 5.52. The number of carbonyl (C=O) groups is 1. The minimum atomic E-state index is -4.15. The maximum Gasteiger partial charge on any atom is 0.391 e. The second kappa shape index (κ2) is 5.98. The average Bonchev–Trinajstić information content (AvgIpc) is 2.86. The van der Waals surface area contributed by atoms with Crippen molar-refractivity contribution in [2.45, 2.75) is 57.2 Å². The molecule has 1 N–H and O–H groups in total. The molecular formula is C12H17F3N4O2. The number of carboxylic acids is 1. The molecule has 1 saturated carbocycles. The van der Waals surface area contributed by atoms with Crippen molar-refractivity contribution in [1.82, 2.24) is 20.2 Å². The predicted molar refractivity (Wildman–Crippen MR) is 65.5 cm³/mol. The normalized spacial score (nSPS) is 24.8. The maximum absolute atomic E-state index is 12.7. The zero-order valence-electron chi connectivity index (χ0n) is 11.5. The summed E-state index contributed by atoms with van der Waals surface area (Å²) in [6.07, 6.45) is -3.42. The maximum atomic E-state index is 12.7. The van der Waals surface area contributed by atoms with Gasteiger partial charge in [-0.3, -0.25) is 4.79 Å². The van der Waals surface area contributed by atoms with E-state index in [1.54, 1.807) is 6.92 Å². The highest BCUT2D eigenvalue weighted by atomic mass is 19.4. The quantitative estimate of drug-likeness (QED) is 0.924. The largest absolute Gasteiger partial charge is 0.481 e. The van der Waals surface area contributed by atoms with Gasteiger partial charge in [0.1, 0.15) is 0 Å². The summed E-state index contributed by atoms with van der Waals surface area (Å²) in [5.41, 5.74) is 0. The smallest absolute Gasteiger partial charge is 0.391 e. The fourth-order valence-corrected chi connectivity index (χ4v) is 2.80. The molecule has 1 aromatic heterocycles. The van der Waals surface area contributed by atoms with Gasteiger partial charge in [0, 0.05) is 5.92 Å². The molecule has 0 bridgehead atoms. The topological polar surface area (TPSA) is 80.9 Å². The number of carboxylic acid groups (broad SMARTS) is 1. The highest BCUT2D eigenvalue weighted by Crippen LogP contribution is 2.42. The zero-order chi connectivity index (χ0) is 15.6. The molecule has 1 atom stereocenters. The number of tetrazole rings is 1. The Kier molecular flexibility index (Phi) is 4.48. The Morgan fingerprint density at radius 1 is 1.38 bits per heavy atom. The van der Waals surface area contributed by atoms with Crippen LogP contribution in [0.1, 0.15) is 56.8 Å². The number of aromatic nitrogens is 4. The Hall–Kier alpha value is -1.67.